The van der Waals surface area contributed by atoms with Crippen LogP contribution >= 0.6 is 0 Å². The Labute approximate surface area is 101 Å². The van der Waals surface area contributed by atoms with Crippen molar-refractivity contribution in [2.45, 2.75) is 25.8 Å². The third kappa shape index (κ3) is 1.75. The molecule has 1 aromatic rings. The zero-order valence-electron chi connectivity index (χ0n) is 9.90. The maximum atomic E-state index is 9.03. The van der Waals surface area contributed by atoms with E-state index in [0.717, 1.165) is 30.1 Å². The molecule has 3 rings (SSSR count). The number of aryl methyl sites for hydroxylation is 1. The topological polar surface area (TPSA) is 48.7 Å². The summed E-state index contributed by atoms with van der Waals surface area (Å²) in [5.74, 6) is 0.747. The molecule has 2 unspecified atom stereocenters. The fraction of sp³-hybridized carbons (Fsp3) is 0.429. The normalized spacial score (nSPS) is 26.5. The summed E-state index contributed by atoms with van der Waals surface area (Å²) in [6.45, 7) is 3.01. The third-order valence-electron chi connectivity index (χ3n) is 3.84. The zero-order chi connectivity index (χ0) is 11.8. The van der Waals surface area contributed by atoms with Gasteiger partial charge in [-0.1, -0.05) is 6.08 Å². The van der Waals surface area contributed by atoms with Crippen LogP contribution in [0.25, 0.3) is 5.57 Å². The standard InChI is InChI=1S/C14H15N3/c1-9-12(7-15)5-13(8-17-9)11-4-10-2-3-16-14(10)6-11/h5-6,8,10,14,16H,2-4H2,1H3. The Kier molecular flexibility index (Phi) is 2.45. The summed E-state index contributed by atoms with van der Waals surface area (Å²) in [5.41, 5.74) is 3.96. The molecule has 0 spiro atoms. The van der Waals surface area contributed by atoms with Gasteiger partial charge in [-0.2, -0.15) is 5.26 Å². The molecule has 1 fully saturated rings. The molecule has 3 nitrogen and oxygen atoms in total. The molecule has 0 bridgehead atoms. The number of hydrogen-bond donors (Lipinski definition) is 1. The van der Waals surface area contributed by atoms with E-state index < -0.39 is 0 Å². The van der Waals surface area contributed by atoms with Gasteiger partial charge >= 0.3 is 0 Å². The Morgan fingerprint density at radius 3 is 3.18 bits per heavy atom. The SMILES string of the molecule is Cc1ncc(C2=CC3NCCC3C2)cc1C#N. The highest BCUT2D eigenvalue weighted by molar-refractivity contribution is 5.69. The summed E-state index contributed by atoms with van der Waals surface area (Å²) in [6, 6.07) is 4.71. The quantitative estimate of drug-likeness (QED) is 0.795. The second kappa shape index (κ2) is 3.97. The van der Waals surface area contributed by atoms with Gasteiger partial charge in [0.05, 0.1) is 11.3 Å². The summed E-state index contributed by atoms with van der Waals surface area (Å²) in [6.07, 6.45) is 6.58. The molecule has 1 aliphatic carbocycles. The van der Waals surface area contributed by atoms with Crippen LogP contribution in [0.2, 0.25) is 0 Å². The lowest BCUT2D eigenvalue weighted by atomic mass is 9.99. The molecule has 2 atom stereocenters. The summed E-state index contributed by atoms with van der Waals surface area (Å²) in [4.78, 5) is 4.30. The molecule has 2 aliphatic rings. The molecule has 0 aromatic carbocycles. The predicted molar refractivity (Wildman–Crippen MR) is 66.2 cm³/mol. The Bertz CT molecular complexity index is 525. The van der Waals surface area contributed by atoms with Crippen molar-refractivity contribution in [2.24, 2.45) is 5.92 Å². The van der Waals surface area contributed by atoms with E-state index in [2.05, 4.69) is 22.4 Å². The van der Waals surface area contributed by atoms with Crippen LogP contribution in [0, 0.1) is 24.2 Å². The van der Waals surface area contributed by atoms with E-state index in [-0.39, 0.29) is 0 Å². The smallest absolute Gasteiger partial charge is 0.101 e. The highest BCUT2D eigenvalue weighted by Gasteiger charge is 2.31. The molecule has 3 heteroatoms. The van der Waals surface area contributed by atoms with Crippen LogP contribution in [0.1, 0.15) is 29.7 Å². The molecule has 1 aliphatic heterocycles. The van der Waals surface area contributed by atoms with Crippen LogP contribution in [-0.4, -0.2) is 17.6 Å². The molecule has 1 aromatic heterocycles. The predicted octanol–water partition coefficient (Wildman–Crippen LogP) is 2.03. The lowest BCUT2D eigenvalue weighted by Crippen LogP contribution is -2.20. The van der Waals surface area contributed by atoms with E-state index in [1.54, 1.807) is 0 Å². The first-order chi connectivity index (χ1) is 8.28. The largest absolute Gasteiger partial charge is 0.310 e. The number of aromatic nitrogens is 1. The Morgan fingerprint density at radius 2 is 2.41 bits per heavy atom. The van der Waals surface area contributed by atoms with Crippen LogP contribution in [0.15, 0.2) is 18.3 Å². The van der Waals surface area contributed by atoms with Crippen molar-refractivity contribution in [3.8, 4) is 6.07 Å². The van der Waals surface area contributed by atoms with Crippen molar-refractivity contribution in [1.29, 1.82) is 5.26 Å². The van der Waals surface area contributed by atoms with E-state index in [4.69, 9.17) is 5.26 Å². The molecule has 0 saturated carbocycles. The number of pyridine rings is 1. The van der Waals surface area contributed by atoms with Crippen molar-refractivity contribution < 1.29 is 0 Å². The molecule has 1 N–H and O–H groups in total. The number of rotatable bonds is 1. The molecule has 2 heterocycles. The van der Waals surface area contributed by atoms with Gasteiger partial charge in [0.1, 0.15) is 6.07 Å². The summed E-state index contributed by atoms with van der Waals surface area (Å²) in [7, 11) is 0. The summed E-state index contributed by atoms with van der Waals surface area (Å²) in [5, 5.41) is 12.5. The van der Waals surface area contributed by atoms with Gasteiger partial charge in [0.2, 0.25) is 0 Å². The van der Waals surface area contributed by atoms with Crippen molar-refractivity contribution in [3.63, 3.8) is 0 Å². The molecule has 17 heavy (non-hydrogen) atoms. The van der Waals surface area contributed by atoms with Gasteiger partial charge in [0.25, 0.3) is 0 Å². The van der Waals surface area contributed by atoms with Gasteiger partial charge in [-0.3, -0.25) is 4.98 Å². The van der Waals surface area contributed by atoms with Crippen molar-refractivity contribution in [1.82, 2.24) is 10.3 Å². The van der Waals surface area contributed by atoms with Crippen LogP contribution < -0.4 is 5.32 Å². The molecule has 86 valence electrons. The molecular weight excluding hydrogens is 210 g/mol. The Balaban J connectivity index is 1.93. The van der Waals surface area contributed by atoms with Gasteiger partial charge < -0.3 is 5.32 Å². The average molecular weight is 225 g/mol. The number of hydrogen-bond acceptors (Lipinski definition) is 3. The van der Waals surface area contributed by atoms with Gasteiger partial charge in [-0.05, 0) is 49.4 Å². The number of fused-ring (bicyclic) bond motifs is 1. The minimum atomic E-state index is 0.539. The molecular formula is C14H15N3. The number of allylic oxidation sites excluding steroid dienone is 1. The first kappa shape index (κ1) is 10.5. The van der Waals surface area contributed by atoms with Crippen LogP contribution in [0.3, 0.4) is 0 Å². The summed E-state index contributed by atoms with van der Waals surface area (Å²) >= 11 is 0. The Morgan fingerprint density at radius 1 is 1.53 bits per heavy atom. The van der Waals surface area contributed by atoms with E-state index in [0.29, 0.717) is 11.6 Å². The number of nitrogens with one attached hydrogen (secondary N) is 1. The first-order valence-electron chi connectivity index (χ1n) is 6.09. The van der Waals surface area contributed by atoms with Crippen LogP contribution in [0.4, 0.5) is 0 Å². The summed E-state index contributed by atoms with van der Waals surface area (Å²) < 4.78 is 0. The van der Waals surface area contributed by atoms with E-state index in [1.165, 1.54) is 12.0 Å². The van der Waals surface area contributed by atoms with E-state index >= 15 is 0 Å². The third-order valence-corrected chi connectivity index (χ3v) is 3.84. The highest BCUT2D eigenvalue weighted by atomic mass is 15.0. The van der Waals surface area contributed by atoms with E-state index in [9.17, 15) is 0 Å². The zero-order valence-corrected chi connectivity index (χ0v) is 9.90. The minimum Gasteiger partial charge on any atom is -0.310 e. The fourth-order valence-corrected chi connectivity index (χ4v) is 2.81. The minimum absolute atomic E-state index is 0.539. The van der Waals surface area contributed by atoms with Gasteiger partial charge in [0.15, 0.2) is 0 Å². The molecule has 0 amide bonds. The second-order valence-electron chi connectivity index (χ2n) is 4.89. The lowest BCUT2D eigenvalue weighted by Gasteiger charge is -2.07. The lowest BCUT2D eigenvalue weighted by molar-refractivity contribution is 0.553. The van der Waals surface area contributed by atoms with Crippen molar-refractivity contribution >= 4 is 5.57 Å². The Hall–Kier alpha value is -1.66. The maximum absolute atomic E-state index is 9.03. The maximum Gasteiger partial charge on any atom is 0.101 e. The van der Waals surface area contributed by atoms with E-state index in [1.807, 2.05) is 19.2 Å². The van der Waals surface area contributed by atoms with Gasteiger partial charge in [0, 0.05) is 12.2 Å². The van der Waals surface area contributed by atoms with Crippen LogP contribution in [0.5, 0.6) is 0 Å². The average Bonchev–Trinajstić information content (AvgIpc) is 2.90. The van der Waals surface area contributed by atoms with Crippen molar-refractivity contribution in [2.75, 3.05) is 6.54 Å². The number of nitriles is 1. The van der Waals surface area contributed by atoms with Gasteiger partial charge in [-0.25, -0.2) is 0 Å². The van der Waals surface area contributed by atoms with Crippen LogP contribution in [-0.2, 0) is 0 Å². The molecule has 0 radical (unpaired) electrons. The second-order valence-corrected chi connectivity index (χ2v) is 4.89. The van der Waals surface area contributed by atoms with Gasteiger partial charge in [-0.15, -0.1) is 0 Å². The number of nitrogens with zero attached hydrogens (tertiary/aromatic N) is 2. The highest BCUT2D eigenvalue weighted by Crippen LogP contribution is 2.36. The van der Waals surface area contributed by atoms with Crippen molar-refractivity contribution in [3.05, 3.63) is 35.2 Å². The monoisotopic (exact) mass is 225 g/mol. The molecule has 1 saturated heterocycles. The first-order valence-corrected chi connectivity index (χ1v) is 6.09. The fourth-order valence-electron chi connectivity index (χ4n) is 2.81.